The maximum absolute atomic E-state index is 10.6. The first-order valence-corrected chi connectivity index (χ1v) is 5.53. The summed E-state index contributed by atoms with van der Waals surface area (Å²) >= 11 is 0. The molecule has 1 heterocycles. The Balaban J connectivity index is 0.000000239. The number of carbonyl (C=O) groups is 1. The molecule has 2 rings (SSSR count). The van der Waals surface area contributed by atoms with Gasteiger partial charge in [-0.25, -0.2) is 0 Å². The predicted molar refractivity (Wildman–Crippen MR) is 66.9 cm³/mol. The molecule has 17 heavy (non-hydrogen) atoms. The number of benzene rings is 1. The van der Waals surface area contributed by atoms with E-state index < -0.39 is 0 Å². The first-order chi connectivity index (χ1) is 8.09. The number of aromatic hydroxyl groups is 1. The maximum atomic E-state index is 10.6. The van der Waals surface area contributed by atoms with Crippen LogP contribution in [-0.4, -0.2) is 24.2 Å². The Bertz CT molecular complexity index is 368. The number of amides is 1. The topological polar surface area (TPSA) is 84.6 Å². The van der Waals surface area contributed by atoms with E-state index in [2.05, 4.69) is 5.32 Å². The molecule has 1 aliphatic rings. The fourth-order valence-electron chi connectivity index (χ4n) is 1.35. The Hall–Kier alpha value is -1.75. The largest absolute Gasteiger partial charge is 0.506 e. The zero-order valence-corrected chi connectivity index (χ0v) is 9.90. The minimum Gasteiger partial charge on any atom is -0.506 e. The van der Waals surface area contributed by atoms with Crippen LogP contribution in [0.15, 0.2) is 18.2 Å². The lowest BCUT2D eigenvalue weighted by molar-refractivity contribution is -0.114. The van der Waals surface area contributed by atoms with Gasteiger partial charge in [0.15, 0.2) is 0 Å². The van der Waals surface area contributed by atoms with Crippen LogP contribution in [0.5, 0.6) is 5.75 Å². The van der Waals surface area contributed by atoms with Crippen LogP contribution in [0.3, 0.4) is 0 Å². The highest BCUT2D eigenvalue weighted by molar-refractivity contribution is 5.90. The van der Waals surface area contributed by atoms with E-state index in [1.807, 2.05) is 0 Å². The Morgan fingerprint density at radius 3 is 2.47 bits per heavy atom. The van der Waals surface area contributed by atoms with Crippen LogP contribution >= 0.6 is 0 Å². The summed E-state index contributed by atoms with van der Waals surface area (Å²) in [5.41, 5.74) is 6.22. The quantitative estimate of drug-likeness (QED) is 0.514. The SMILES string of the molecule is C1CCOC1.CC(=O)Nc1ccc(N)cc1O. The second-order valence-corrected chi connectivity index (χ2v) is 3.78. The van der Waals surface area contributed by atoms with Crippen molar-refractivity contribution < 1.29 is 14.6 Å². The van der Waals surface area contributed by atoms with Gasteiger partial charge in [0.2, 0.25) is 5.91 Å². The standard InChI is InChI=1S/C8H10N2O2.C4H8O/c1-5(11)10-7-3-2-6(9)4-8(7)12;1-2-4-5-3-1/h2-4,12H,9H2,1H3,(H,10,11);1-4H2. The van der Waals surface area contributed by atoms with E-state index in [9.17, 15) is 9.90 Å². The Labute approximate surface area is 101 Å². The number of anilines is 2. The van der Waals surface area contributed by atoms with Gasteiger partial charge < -0.3 is 20.9 Å². The molecule has 1 saturated heterocycles. The summed E-state index contributed by atoms with van der Waals surface area (Å²) in [5, 5.41) is 11.7. The van der Waals surface area contributed by atoms with E-state index in [0.717, 1.165) is 13.2 Å². The number of nitrogen functional groups attached to an aromatic ring is 1. The first-order valence-electron chi connectivity index (χ1n) is 5.53. The van der Waals surface area contributed by atoms with Crippen LogP contribution in [0, 0.1) is 0 Å². The van der Waals surface area contributed by atoms with Crippen molar-refractivity contribution in [1.82, 2.24) is 0 Å². The van der Waals surface area contributed by atoms with Crippen molar-refractivity contribution in [3.8, 4) is 5.75 Å². The molecule has 4 N–H and O–H groups in total. The fraction of sp³-hybridized carbons (Fsp3) is 0.417. The number of rotatable bonds is 1. The third kappa shape index (κ3) is 5.21. The summed E-state index contributed by atoms with van der Waals surface area (Å²) in [6.07, 6.45) is 2.56. The van der Waals surface area contributed by atoms with Crippen molar-refractivity contribution in [3.63, 3.8) is 0 Å². The highest BCUT2D eigenvalue weighted by Gasteiger charge is 2.01. The van der Waals surface area contributed by atoms with E-state index in [0.29, 0.717) is 11.4 Å². The fourth-order valence-corrected chi connectivity index (χ4v) is 1.35. The van der Waals surface area contributed by atoms with Gasteiger partial charge in [-0.1, -0.05) is 0 Å². The lowest BCUT2D eigenvalue weighted by Crippen LogP contribution is -2.05. The summed E-state index contributed by atoms with van der Waals surface area (Å²) in [4.78, 5) is 10.6. The molecule has 0 atom stereocenters. The van der Waals surface area contributed by atoms with Gasteiger partial charge in [-0.15, -0.1) is 0 Å². The van der Waals surface area contributed by atoms with Crippen LogP contribution in [0.25, 0.3) is 0 Å². The van der Waals surface area contributed by atoms with E-state index in [4.69, 9.17) is 10.5 Å². The molecule has 1 aromatic rings. The van der Waals surface area contributed by atoms with Crippen molar-refractivity contribution in [2.75, 3.05) is 24.3 Å². The summed E-state index contributed by atoms with van der Waals surface area (Å²) in [7, 11) is 0. The monoisotopic (exact) mass is 238 g/mol. The van der Waals surface area contributed by atoms with Crippen LogP contribution in [0.1, 0.15) is 19.8 Å². The van der Waals surface area contributed by atoms with E-state index >= 15 is 0 Å². The second kappa shape index (κ2) is 6.75. The van der Waals surface area contributed by atoms with Crippen molar-refractivity contribution in [3.05, 3.63) is 18.2 Å². The number of ether oxygens (including phenoxy) is 1. The van der Waals surface area contributed by atoms with E-state index in [-0.39, 0.29) is 11.7 Å². The molecule has 0 bridgehead atoms. The minimum absolute atomic E-state index is 0.0230. The first kappa shape index (κ1) is 13.3. The maximum Gasteiger partial charge on any atom is 0.221 e. The van der Waals surface area contributed by atoms with Gasteiger partial charge >= 0.3 is 0 Å². The van der Waals surface area contributed by atoms with Crippen molar-refractivity contribution >= 4 is 17.3 Å². The number of nitrogens with one attached hydrogen (secondary N) is 1. The molecule has 94 valence electrons. The van der Waals surface area contributed by atoms with Crippen molar-refractivity contribution in [2.45, 2.75) is 19.8 Å². The molecule has 1 fully saturated rings. The molecule has 0 saturated carbocycles. The van der Waals surface area contributed by atoms with Gasteiger partial charge in [0.05, 0.1) is 5.69 Å². The summed E-state index contributed by atoms with van der Waals surface area (Å²) in [6.45, 7) is 3.37. The Kier molecular flexibility index (Phi) is 5.29. The summed E-state index contributed by atoms with van der Waals surface area (Å²) in [5.74, 6) is -0.250. The molecule has 1 aliphatic heterocycles. The normalized spacial score (nSPS) is 13.7. The average molecular weight is 238 g/mol. The zero-order chi connectivity index (χ0) is 12.7. The average Bonchev–Trinajstić information content (AvgIpc) is 2.80. The van der Waals surface area contributed by atoms with E-state index in [1.165, 1.54) is 25.8 Å². The number of hydrogen-bond acceptors (Lipinski definition) is 4. The Morgan fingerprint density at radius 1 is 1.41 bits per heavy atom. The minimum atomic E-state index is -0.227. The number of phenolic OH excluding ortho intramolecular Hbond substituents is 1. The Morgan fingerprint density at radius 2 is 2.06 bits per heavy atom. The van der Waals surface area contributed by atoms with Crippen LogP contribution in [-0.2, 0) is 9.53 Å². The van der Waals surface area contributed by atoms with Crippen LogP contribution < -0.4 is 11.1 Å². The highest BCUT2D eigenvalue weighted by Crippen LogP contribution is 2.24. The van der Waals surface area contributed by atoms with Gasteiger partial charge in [-0.3, -0.25) is 4.79 Å². The van der Waals surface area contributed by atoms with Gasteiger partial charge in [0.1, 0.15) is 5.75 Å². The molecule has 0 aromatic heterocycles. The predicted octanol–water partition coefficient (Wildman–Crippen LogP) is 1.73. The molecule has 1 amide bonds. The van der Waals surface area contributed by atoms with Gasteiger partial charge in [-0.2, -0.15) is 0 Å². The molecule has 0 spiro atoms. The van der Waals surface area contributed by atoms with E-state index in [1.54, 1.807) is 12.1 Å². The molecule has 0 unspecified atom stereocenters. The lowest BCUT2D eigenvalue weighted by atomic mass is 10.2. The molecule has 0 aliphatic carbocycles. The molecular weight excluding hydrogens is 220 g/mol. The lowest BCUT2D eigenvalue weighted by Gasteiger charge is -2.04. The molecule has 0 radical (unpaired) electrons. The van der Waals surface area contributed by atoms with Crippen LogP contribution in [0.4, 0.5) is 11.4 Å². The third-order valence-corrected chi connectivity index (χ3v) is 2.16. The van der Waals surface area contributed by atoms with Crippen molar-refractivity contribution in [1.29, 1.82) is 0 Å². The number of hydrogen-bond donors (Lipinski definition) is 3. The van der Waals surface area contributed by atoms with Crippen LogP contribution in [0.2, 0.25) is 0 Å². The number of nitrogens with two attached hydrogens (primary N) is 1. The molecular formula is C12H18N2O3. The molecule has 1 aromatic carbocycles. The molecule has 5 heteroatoms. The molecule has 5 nitrogen and oxygen atoms in total. The number of phenols is 1. The second-order valence-electron chi connectivity index (χ2n) is 3.78. The summed E-state index contributed by atoms with van der Waals surface area (Å²) < 4.78 is 4.94. The van der Waals surface area contributed by atoms with Gasteiger partial charge in [-0.05, 0) is 25.0 Å². The van der Waals surface area contributed by atoms with Gasteiger partial charge in [0.25, 0.3) is 0 Å². The zero-order valence-electron chi connectivity index (χ0n) is 9.90. The van der Waals surface area contributed by atoms with Crippen molar-refractivity contribution in [2.24, 2.45) is 0 Å². The third-order valence-electron chi connectivity index (χ3n) is 2.16. The van der Waals surface area contributed by atoms with Gasteiger partial charge in [0, 0.05) is 31.9 Å². The highest BCUT2D eigenvalue weighted by atomic mass is 16.5. The summed E-state index contributed by atoms with van der Waals surface area (Å²) in [6, 6.07) is 4.53. The number of carbonyl (C=O) groups excluding carboxylic acids is 1. The smallest absolute Gasteiger partial charge is 0.221 e.